The second-order valence-electron chi connectivity index (χ2n) is 6.39. The van der Waals surface area contributed by atoms with E-state index in [1.165, 1.54) is 24.8 Å². The first-order valence-corrected chi connectivity index (χ1v) is 6.61. The summed E-state index contributed by atoms with van der Waals surface area (Å²) in [6, 6.07) is 0. The molecule has 0 heterocycles. The Morgan fingerprint density at radius 3 is 2.47 bits per heavy atom. The maximum absolute atomic E-state index is 5.65. The van der Waals surface area contributed by atoms with Crippen molar-refractivity contribution in [3.63, 3.8) is 0 Å². The van der Waals surface area contributed by atoms with Crippen LogP contribution in [0.3, 0.4) is 0 Å². The zero-order valence-electron chi connectivity index (χ0n) is 12.2. The lowest BCUT2D eigenvalue weighted by molar-refractivity contribution is -0.0574. The van der Waals surface area contributed by atoms with Gasteiger partial charge in [0.2, 0.25) is 0 Å². The Morgan fingerprint density at radius 1 is 1.47 bits per heavy atom. The molecule has 0 radical (unpaired) electrons. The van der Waals surface area contributed by atoms with Gasteiger partial charge in [0.05, 0.1) is 5.60 Å². The van der Waals surface area contributed by atoms with E-state index in [2.05, 4.69) is 46.9 Å². The van der Waals surface area contributed by atoms with E-state index < -0.39 is 0 Å². The molecule has 0 amide bonds. The predicted molar refractivity (Wildman–Crippen MR) is 75.0 cm³/mol. The average Bonchev–Trinajstić information content (AvgIpc) is 2.28. The van der Waals surface area contributed by atoms with E-state index in [9.17, 15) is 0 Å². The molecular formula is C16H28O. The highest BCUT2D eigenvalue weighted by atomic mass is 16.5. The van der Waals surface area contributed by atoms with Crippen LogP contribution in [0.4, 0.5) is 0 Å². The number of rotatable bonds is 4. The molecular weight excluding hydrogens is 208 g/mol. The monoisotopic (exact) mass is 236 g/mol. The van der Waals surface area contributed by atoms with Crippen molar-refractivity contribution < 1.29 is 4.74 Å². The molecule has 0 aliphatic heterocycles. The van der Waals surface area contributed by atoms with Crippen molar-refractivity contribution in [1.29, 1.82) is 0 Å². The first kappa shape index (κ1) is 14.5. The van der Waals surface area contributed by atoms with E-state index in [1.54, 1.807) is 0 Å². The van der Waals surface area contributed by atoms with Crippen LogP contribution in [0.2, 0.25) is 0 Å². The molecule has 1 rings (SSSR count). The number of hydrogen-bond donors (Lipinski definition) is 0. The lowest BCUT2D eigenvalue weighted by Crippen LogP contribution is -2.42. The zero-order chi connectivity index (χ0) is 13.3. The second kappa shape index (κ2) is 4.97. The van der Waals surface area contributed by atoms with Gasteiger partial charge in [0.15, 0.2) is 0 Å². The summed E-state index contributed by atoms with van der Waals surface area (Å²) in [6.07, 6.45) is 5.69. The average molecular weight is 236 g/mol. The van der Waals surface area contributed by atoms with Crippen LogP contribution < -0.4 is 0 Å². The van der Waals surface area contributed by atoms with Crippen LogP contribution in [-0.2, 0) is 4.74 Å². The van der Waals surface area contributed by atoms with Gasteiger partial charge in [-0.3, -0.25) is 0 Å². The summed E-state index contributed by atoms with van der Waals surface area (Å²) in [4.78, 5) is 0. The second-order valence-corrected chi connectivity index (χ2v) is 6.39. The Bertz CT molecular complexity index is 303. The zero-order valence-corrected chi connectivity index (χ0v) is 12.2. The van der Waals surface area contributed by atoms with Crippen molar-refractivity contribution >= 4 is 0 Å². The minimum atomic E-state index is -0.0315. The summed E-state index contributed by atoms with van der Waals surface area (Å²) in [5.41, 5.74) is 1.46. The molecule has 98 valence electrons. The van der Waals surface area contributed by atoms with Crippen LogP contribution in [0, 0.1) is 17.3 Å². The third-order valence-electron chi connectivity index (χ3n) is 4.92. The lowest BCUT2D eigenvalue weighted by Gasteiger charge is -2.47. The summed E-state index contributed by atoms with van der Waals surface area (Å²) in [6.45, 7) is 17.1. The predicted octanol–water partition coefficient (Wildman–Crippen LogP) is 4.60. The fourth-order valence-corrected chi connectivity index (χ4v) is 3.14. The molecule has 0 aromatic heterocycles. The van der Waals surface area contributed by atoms with Gasteiger partial charge in [-0.1, -0.05) is 25.2 Å². The van der Waals surface area contributed by atoms with Crippen LogP contribution in [0.15, 0.2) is 24.8 Å². The van der Waals surface area contributed by atoms with Crippen LogP contribution in [0.25, 0.3) is 0 Å². The molecule has 1 fully saturated rings. The molecule has 0 aromatic carbocycles. The van der Waals surface area contributed by atoms with Crippen molar-refractivity contribution in [2.24, 2.45) is 17.3 Å². The van der Waals surface area contributed by atoms with Crippen molar-refractivity contribution in [2.75, 3.05) is 7.11 Å². The summed E-state index contributed by atoms with van der Waals surface area (Å²) >= 11 is 0. The molecule has 17 heavy (non-hydrogen) atoms. The Morgan fingerprint density at radius 2 is 2.06 bits per heavy atom. The third kappa shape index (κ3) is 2.82. The SMILES string of the molecule is C=CC1(C)CCC(C(C)(C)OC)CC1C(=C)C. The van der Waals surface area contributed by atoms with E-state index in [1.807, 2.05) is 7.11 Å². The van der Waals surface area contributed by atoms with Gasteiger partial charge < -0.3 is 4.74 Å². The molecule has 0 aromatic rings. The Kier molecular flexibility index (Phi) is 4.24. The van der Waals surface area contributed by atoms with Gasteiger partial charge in [-0.25, -0.2) is 0 Å². The largest absolute Gasteiger partial charge is 0.379 e. The Labute approximate surface area is 107 Å². The summed E-state index contributed by atoms with van der Waals surface area (Å²) in [7, 11) is 1.82. The number of ether oxygens (including phenoxy) is 1. The lowest BCUT2D eigenvalue weighted by atomic mass is 9.60. The van der Waals surface area contributed by atoms with E-state index >= 15 is 0 Å². The highest BCUT2D eigenvalue weighted by Gasteiger charge is 2.42. The van der Waals surface area contributed by atoms with Crippen LogP contribution in [0.1, 0.15) is 47.0 Å². The molecule has 1 saturated carbocycles. The summed E-state index contributed by atoms with van der Waals surface area (Å²) in [5, 5.41) is 0. The number of hydrogen-bond acceptors (Lipinski definition) is 1. The van der Waals surface area contributed by atoms with Gasteiger partial charge in [0.1, 0.15) is 0 Å². The summed E-state index contributed by atoms with van der Waals surface area (Å²) < 4.78 is 5.65. The van der Waals surface area contributed by atoms with E-state index in [0.29, 0.717) is 11.8 Å². The quantitative estimate of drug-likeness (QED) is 0.648. The molecule has 1 heteroatoms. The maximum atomic E-state index is 5.65. The fraction of sp³-hybridized carbons (Fsp3) is 0.750. The Hall–Kier alpha value is -0.560. The molecule has 0 bridgehead atoms. The maximum Gasteiger partial charge on any atom is 0.0651 e. The van der Waals surface area contributed by atoms with Gasteiger partial charge in [0.25, 0.3) is 0 Å². The standard InChI is InChI=1S/C16H28O/c1-8-16(6)10-9-13(15(4,5)17-7)11-14(16)12(2)3/h8,13-14H,1-2,9-11H2,3-7H3. The number of methoxy groups -OCH3 is 1. The Balaban J connectivity index is 2.90. The first-order valence-electron chi connectivity index (χ1n) is 6.61. The van der Waals surface area contributed by atoms with E-state index in [-0.39, 0.29) is 11.0 Å². The van der Waals surface area contributed by atoms with Crippen LogP contribution in [-0.4, -0.2) is 12.7 Å². The van der Waals surface area contributed by atoms with Crippen molar-refractivity contribution in [2.45, 2.75) is 52.6 Å². The van der Waals surface area contributed by atoms with Crippen LogP contribution in [0.5, 0.6) is 0 Å². The molecule has 3 atom stereocenters. The molecule has 3 unspecified atom stereocenters. The molecule has 1 aliphatic rings. The van der Waals surface area contributed by atoms with Crippen molar-refractivity contribution in [1.82, 2.24) is 0 Å². The topological polar surface area (TPSA) is 9.23 Å². The summed E-state index contributed by atoms with van der Waals surface area (Å²) in [5.74, 6) is 1.15. The molecule has 0 N–H and O–H groups in total. The minimum absolute atomic E-state index is 0.0315. The van der Waals surface area contributed by atoms with Gasteiger partial charge in [-0.15, -0.1) is 6.58 Å². The molecule has 0 spiro atoms. The highest BCUT2D eigenvalue weighted by molar-refractivity contribution is 5.12. The smallest absolute Gasteiger partial charge is 0.0651 e. The van der Waals surface area contributed by atoms with Gasteiger partial charge >= 0.3 is 0 Å². The van der Waals surface area contributed by atoms with Crippen molar-refractivity contribution in [3.8, 4) is 0 Å². The number of allylic oxidation sites excluding steroid dienone is 2. The minimum Gasteiger partial charge on any atom is -0.379 e. The van der Waals surface area contributed by atoms with E-state index in [0.717, 1.165) is 0 Å². The van der Waals surface area contributed by atoms with Gasteiger partial charge in [0, 0.05) is 7.11 Å². The fourth-order valence-electron chi connectivity index (χ4n) is 3.14. The van der Waals surface area contributed by atoms with Gasteiger partial charge in [-0.2, -0.15) is 0 Å². The van der Waals surface area contributed by atoms with E-state index in [4.69, 9.17) is 4.74 Å². The normalized spacial score (nSPS) is 34.4. The molecule has 0 saturated heterocycles. The van der Waals surface area contributed by atoms with Crippen LogP contribution >= 0.6 is 0 Å². The molecule has 1 aliphatic carbocycles. The highest BCUT2D eigenvalue weighted by Crippen LogP contribution is 2.50. The first-order chi connectivity index (χ1) is 7.77. The van der Waals surface area contributed by atoms with Gasteiger partial charge in [-0.05, 0) is 57.3 Å². The molecule has 1 nitrogen and oxygen atoms in total. The third-order valence-corrected chi connectivity index (χ3v) is 4.92. The van der Waals surface area contributed by atoms with Crippen molar-refractivity contribution in [3.05, 3.63) is 24.8 Å².